The van der Waals surface area contributed by atoms with Crippen LogP contribution in [0.3, 0.4) is 0 Å². The van der Waals surface area contributed by atoms with Gasteiger partial charge in [0.1, 0.15) is 0 Å². The highest BCUT2D eigenvalue weighted by molar-refractivity contribution is 7.61. The number of ketones is 1. The van der Waals surface area contributed by atoms with Crippen LogP contribution in [0.1, 0.15) is 20.8 Å². The zero-order chi connectivity index (χ0) is 10.5. The molecule has 0 bridgehead atoms. The second-order valence-electron chi connectivity index (χ2n) is 2.18. The van der Waals surface area contributed by atoms with Gasteiger partial charge in [0.2, 0.25) is 5.12 Å². The molecule has 77 valence electrons. The van der Waals surface area contributed by atoms with Crippen LogP contribution in [0.25, 0.3) is 0 Å². The van der Waals surface area contributed by atoms with Gasteiger partial charge >= 0.3 is 7.60 Å². The van der Waals surface area contributed by atoms with E-state index in [1.807, 2.05) is 0 Å². The van der Waals surface area contributed by atoms with Gasteiger partial charge < -0.3 is 9.05 Å². The number of hydrogen-bond donors (Lipinski definition) is 0. The van der Waals surface area contributed by atoms with Gasteiger partial charge in [0, 0.05) is 0 Å². The molecular weight excluding hydrogens is 214 g/mol. The number of carbonyl (C=O) groups is 1. The molecule has 0 fully saturated rings. The lowest BCUT2D eigenvalue weighted by Gasteiger charge is -2.18. The van der Waals surface area contributed by atoms with E-state index in [9.17, 15) is 9.36 Å². The molecule has 0 amide bonds. The summed E-state index contributed by atoms with van der Waals surface area (Å²) in [7, 11) is -3.53. The van der Waals surface area contributed by atoms with Gasteiger partial charge in [-0.05, 0) is 20.8 Å². The first-order valence-electron chi connectivity index (χ1n) is 3.91. The Kier molecular flexibility index (Phi) is 5.81. The van der Waals surface area contributed by atoms with Crippen LogP contribution in [-0.4, -0.2) is 19.0 Å². The first kappa shape index (κ1) is 13.1. The van der Waals surface area contributed by atoms with E-state index in [2.05, 4.69) is 0 Å². The van der Waals surface area contributed by atoms with Crippen LogP contribution in [0.4, 0.5) is 0 Å². The summed E-state index contributed by atoms with van der Waals surface area (Å²) in [6.07, 6.45) is 0. The van der Waals surface area contributed by atoms with Crippen molar-refractivity contribution in [2.75, 3.05) is 13.2 Å². The normalized spacial score (nSPS) is 12.1. The lowest BCUT2D eigenvalue weighted by atomic mass is 10.5. The molecule has 0 heterocycles. The minimum Gasteiger partial charge on any atom is -0.307 e. The van der Waals surface area contributed by atoms with E-state index >= 15 is 0 Å². The molecule has 0 aromatic rings. The Hall–Kier alpha value is 0.110. The fourth-order valence-electron chi connectivity index (χ4n) is 0.683. The Bertz CT molecular complexity index is 209. The molecule has 0 aliphatic heterocycles. The summed E-state index contributed by atoms with van der Waals surface area (Å²) >= 11 is 5.53. The monoisotopic (exact) mass is 227 g/mol. The van der Waals surface area contributed by atoms with Crippen molar-refractivity contribution in [2.45, 2.75) is 20.8 Å². The zero-order valence-corrected chi connectivity index (χ0v) is 9.52. The van der Waals surface area contributed by atoms with Crippen molar-refractivity contribution in [2.24, 2.45) is 0 Å². The molecule has 0 rings (SSSR count). The smallest absolute Gasteiger partial charge is 0.307 e. The van der Waals surface area contributed by atoms with Crippen LogP contribution < -0.4 is 0 Å². The molecule has 1 radical (unpaired) electrons. The van der Waals surface area contributed by atoms with Crippen LogP contribution in [-0.2, 0) is 18.4 Å². The maximum absolute atomic E-state index is 11.7. The van der Waals surface area contributed by atoms with Gasteiger partial charge in [0.05, 0.1) is 13.2 Å². The molecule has 0 aliphatic carbocycles. The highest BCUT2D eigenvalue weighted by Crippen LogP contribution is 2.59. The maximum Gasteiger partial charge on any atom is 0.361 e. The van der Waals surface area contributed by atoms with Crippen LogP contribution in [0.2, 0.25) is 0 Å². The predicted octanol–water partition coefficient (Wildman–Crippen LogP) is 2.57. The average molecular weight is 228 g/mol. The van der Waals surface area contributed by atoms with Crippen LogP contribution in [0, 0.1) is 5.12 Å². The highest BCUT2D eigenvalue weighted by atomic mass is 35.5. The summed E-state index contributed by atoms with van der Waals surface area (Å²) in [5.41, 5.74) is 0. The van der Waals surface area contributed by atoms with Crippen molar-refractivity contribution >= 4 is 25.0 Å². The Morgan fingerprint density at radius 2 is 1.69 bits per heavy atom. The van der Waals surface area contributed by atoms with E-state index < -0.39 is 13.4 Å². The van der Waals surface area contributed by atoms with E-state index in [1.54, 1.807) is 13.8 Å². The third-order valence-corrected chi connectivity index (χ3v) is 4.01. The first-order valence-corrected chi connectivity index (χ1v) is 5.83. The Morgan fingerprint density at radius 1 is 1.31 bits per heavy atom. The molecule has 0 saturated carbocycles. The van der Waals surface area contributed by atoms with E-state index in [1.165, 1.54) is 6.92 Å². The van der Waals surface area contributed by atoms with Gasteiger partial charge in [-0.15, -0.1) is 0 Å². The highest BCUT2D eigenvalue weighted by Gasteiger charge is 2.38. The van der Waals surface area contributed by atoms with Gasteiger partial charge in [0.25, 0.3) is 0 Å². The number of carbonyl (C=O) groups excluding carboxylic acids is 1. The van der Waals surface area contributed by atoms with Gasteiger partial charge in [-0.25, -0.2) is 0 Å². The molecule has 0 saturated heterocycles. The maximum atomic E-state index is 11.7. The van der Waals surface area contributed by atoms with Crippen molar-refractivity contribution < 1.29 is 18.4 Å². The van der Waals surface area contributed by atoms with Gasteiger partial charge in [-0.3, -0.25) is 9.36 Å². The number of rotatable bonds is 6. The van der Waals surface area contributed by atoms with Crippen molar-refractivity contribution in [3.8, 4) is 0 Å². The molecule has 0 aromatic carbocycles. The summed E-state index contributed by atoms with van der Waals surface area (Å²) in [6.45, 7) is 4.88. The largest absolute Gasteiger partial charge is 0.361 e. The lowest BCUT2D eigenvalue weighted by molar-refractivity contribution is -0.113. The molecule has 0 spiro atoms. The zero-order valence-electron chi connectivity index (χ0n) is 7.87. The molecule has 0 aromatic heterocycles. The van der Waals surface area contributed by atoms with Crippen LogP contribution in [0.5, 0.6) is 0 Å². The van der Waals surface area contributed by atoms with Crippen molar-refractivity contribution in [1.82, 2.24) is 0 Å². The van der Waals surface area contributed by atoms with Gasteiger partial charge in [-0.1, -0.05) is 11.6 Å². The molecule has 0 aliphatic rings. The van der Waals surface area contributed by atoms with E-state index in [0.717, 1.165) is 0 Å². The van der Waals surface area contributed by atoms with E-state index in [-0.39, 0.29) is 18.3 Å². The third kappa shape index (κ3) is 3.77. The second-order valence-corrected chi connectivity index (χ2v) is 4.78. The second kappa shape index (κ2) is 5.76. The molecule has 13 heavy (non-hydrogen) atoms. The first-order chi connectivity index (χ1) is 5.98. The molecular formula is C7H13ClO4P. The number of hydrogen-bond acceptors (Lipinski definition) is 4. The third-order valence-electron chi connectivity index (χ3n) is 1.13. The van der Waals surface area contributed by atoms with E-state index in [0.29, 0.717) is 0 Å². The topological polar surface area (TPSA) is 52.6 Å². The van der Waals surface area contributed by atoms with Crippen molar-refractivity contribution in [1.29, 1.82) is 0 Å². The fourth-order valence-corrected chi connectivity index (χ4v) is 2.34. The fraction of sp³-hybridized carbons (Fsp3) is 0.714. The Morgan fingerprint density at radius 3 is 1.92 bits per heavy atom. The molecule has 0 unspecified atom stereocenters. The number of Topliss-reactive ketones (excluding diaryl/α,β-unsaturated/α-hetero) is 1. The van der Waals surface area contributed by atoms with Crippen molar-refractivity contribution in [3.63, 3.8) is 0 Å². The van der Waals surface area contributed by atoms with Crippen LogP contribution in [0.15, 0.2) is 0 Å². The van der Waals surface area contributed by atoms with E-state index in [4.69, 9.17) is 20.6 Å². The summed E-state index contributed by atoms with van der Waals surface area (Å²) in [5, 5.41) is -0.365. The summed E-state index contributed by atoms with van der Waals surface area (Å²) in [4.78, 5) is 10.8. The van der Waals surface area contributed by atoms with Gasteiger partial charge in [-0.2, -0.15) is 0 Å². The quantitative estimate of drug-likeness (QED) is 0.655. The van der Waals surface area contributed by atoms with Gasteiger partial charge in [0.15, 0.2) is 5.78 Å². The Balaban J connectivity index is 4.57. The summed E-state index contributed by atoms with van der Waals surface area (Å²) < 4.78 is 21.4. The standard InChI is InChI=1S/C7H13ClO4P/c1-4-11-13(10,12-5-2)7(8)6(3)9/h4-5H2,1-3H3. The molecule has 0 atom stereocenters. The molecule has 6 heteroatoms. The predicted molar refractivity (Wildman–Crippen MR) is 50.6 cm³/mol. The Labute approximate surface area is 83.1 Å². The average Bonchev–Trinajstić information content (AvgIpc) is 2.03. The van der Waals surface area contributed by atoms with Crippen molar-refractivity contribution in [3.05, 3.63) is 5.12 Å². The summed E-state index contributed by atoms with van der Waals surface area (Å²) in [5.74, 6) is -0.494. The minimum absolute atomic E-state index is 0.181. The number of halogens is 1. The molecule has 0 N–H and O–H groups in total. The lowest BCUT2D eigenvalue weighted by Crippen LogP contribution is -2.07. The minimum atomic E-state index is -3.53. The molecule has 4 nitrogen and oxygen atoms in total. The SMILES string of the molecule is CCOP(=O)(OCC)[C](Cl)C(C)=O. The summed E-state index contributed by atoms with van der Waals surface area (Å²) in [6, 6.07) is 0. The van der Waals surface area contributed by atoms with Crippen LogP contribution >= 0.6 is 19.2 Å².